The number of nitrogens with one attached hydrogen (secondary N) is 1. The summed E-state index contributed by atoms with van der Waals surface area (Å²) in [6.45, 7) is 3.08. The van der Waals surface area contributed by atoms with Gasteiger partial charge in [-0.25, -0.2) is 0 Å². The zero-order valence-electron chi connectivity index (χ0n) is 15.5. The molecule has 0 radical (unpaired) electrons. The Morgan fingerprint density at radius 2 is 1.88 bits per heavy atom. The zero-order valence-corrected chi connectivity index (χ0v) is 17.0. The molecule has 0 unspecified atom stereocenters. The highest BCUT2D eigenvalue weighted by molar-refractivity contribution is 6.31. The minimum absolute atomic E-state index is 0.398. The summed E-state index contributed by atoms with van der Waals surface area (Å²) < 4.78 is 11.3. The molecular formula is C20H26Cl2N2O2. The fraction of sp³-hybridized carbons (Fsp3) is 0.400. The number of hydrogen-bond donors (Lipinski definition) is 1. The van der Waals surface area contributed by atoms with E-state index in [-0.39, 0.29) is 0 Å². The van der Waals surface area contributed by atoms with Crippen LogP contribution < -0.4 is 14.8 Å². The van der Waals surface area contributed by atoms with Crippen LogP contribution in [0.15, 0.2) is 36.4 Å². The number of rotatable bonds is 10. The number of hydrogen-bond acceptors (Lipinski definition) is 4. The van der Waals surface area contributed by atoms with E-state index in [0.717, 1.165) is 30.6 Å². The molecule has 0 aliphatic heterocycles. The Kier molecular flexibility index (Phi) is 8.52. The monoisotopic (exact) mass is 396 g/mol. The van der Waals surface area contributed by atoms with Gasteiger partial charge in [0.25, 0.3) is 0 Å². The third kappa shape index (κ3) is 6.69. The second-order valence-electron chi connectivity index (χ2n) is 6.35. The van der Waals surface area contributed by atoms with Crippen molar-refractivity contribution in [3.63, 3.8) is 0 Å². The second kappa shape index (κ2) is 10.6. The van der Waals surface area contributed by atoms with E-state index in [4.69, 9.17) is 32.7 Å². The molecule has 6 heteroatoms. The van der Waals surface area contributed by atoms with Crippen LogP contribution in [-0.2, 0) is 13.2 Å². The standard InChI is InChI=1S/C20H26Cl2N2O2/c1-24(2)9-5-8-23-13-16-11-19(25-3)20(12-18(16)22)26-14-15-6-4-7-17(21)10-15/h4,6-7,10-12,23H,5,8-9,13-14H2,1-3H3. The molecule has 0 aromatic heterocycles. The summed E-state index contributed by atoms with van der Waals surface area (Å²) in [4.78, 5) is 2.17. The van der Waals surface area contributed by atoms with Crippen LogP contribution in [0.1, 0.15) is 17.5 Å². The van der Waals surface area contributed by atoms with Gasteiger partial charge < -0.3 is 19.7 Å². The Bertz CT molecular complexity index is 708. The molecular weight excluding hydrogens is 371 g/mol. The molecule has 0 heterocycles. The maximum atomic E-state index is 6.42. The van der Waals surface area contributed by atoms with Crippen molar-refractivity contribution < 1.29 is 9.47 Å². The third-order valence-corrected chi connectivity index (χ3v) is 4.48. The molecule has 0 atom stereocenters. The van der Waals surface area contributed by atoms with Gasteiger partial charge in [-0.05, 0) is 62.9 Å². The molecule has 0 bridgehead atoms. The maximum Gasteiger partial charge on any atom is 0.163 e. The highest BCUT2D eigenvalue weighted by Gasteiger charge is 2.11. The predicted molar refractivity (Wildman–Crippen MR) is 109 cm³/mol. The van der Waals surface area contributed by atoms with E-state index in [1.54, 1.807) is 7.11 Å². The van der Waals surface area contributed by atoms with E-state index < -0.39 is 0 Å². The van der Waals surface area contributed by atoms with Crippen LogP contribution in [0, 0.1) is 0 Å². The minimum Gasteiger partial charge on any atom is -0.493 e. The van der Waals surface area contributed by atoms with Crippen LogP contribution in [0.4, 0.5) is 0 Å². The quantitative estimate of drug-likeness (QED) is 0.593. The van der Waals surface area contributed by atoms with Crippen LogP contribution in [0.5, 0.6) is 11.5 Å². The summed E-state index contributed by atoms with van der Waals surface area (Å²) in [5.74, 6) is 1.29. The van der Waals surface area contributed by atoms with Crippen molar-refractivity contribution in [2.24, 2.45) is 0 Å². The lowest BCUT2D eigenvalue weighted by molar-refractivity contribution is 0.284. The van der Waals surface area contributed by atoms with Crippen molar-refractivity contribution >= 4 is 23.2 Å². The van der Waals surface area contributed by atoms with E-state index in [9.17, 15) is 0 Å². The molecule has 2 rings (SSSR count). The number of halogens is 2. The van der Waals surface area contributed by atoms with Gasteiger partial charge in [-0.3, -0.25) is 0 Å². The summed E-state index contributed by atoms with van der Waals surface area (Å²) in [5.41, 5.74) is 1.98. The number of benzene rings is 2. The van der Waals surface area contributed by atoms with Gasteiger partial charge in [-0.15, -0.1) is 0 Å². The second-order valence-corrected chi connectivity index (χ2v) is 7.19. The van der Waals surface area contributed by atoms with Crippen LogP contribution in [-0.4, -0.2) is 39.2 Å². The van der Waals surface area contributed by atoms with Gasteiger partial charge in [0.15, 0.2) is 11.5 Å². The topological polar surface area (TPSA) is 33.7 Å². The van der Waals surface area contributed by atoms with Crippen LogP contribution >= 0.6 is 23.2 Å². The molecule has 4 nitrogen and oxygen atoms in total. The fourth-order valence-corrected chi connectivity index (χ4v) is 2.95. The Hall–Kier alpha value is -1.46. The van der Waals surface area contributed by atoms with E-state index >= 15 is 0 Å². The number of ether oxygens (including phenoxy) is 2. The average Bonchev–Trinajstić information content (AvgIpc) is 2.60. The molecule has 0 spiro atoms. The third-order valence-electron chi connectivity index (χ3n) is 3.89. The molecule has 0 amide bonds. The number of methoxy groups -OCH3 is 1. The minimum atomic E-state index is 0.398. The van der Waals surface area contributed by atoms with E-state index in [1.807, 2.05) is 36.4 Å². The molecule has 2 aromatic rings. The van der Waals surface area contributed by atoms with E-state index in [1.165, 1.54) is 0 Å². The average molecular weight is 397 g/mol. The van der Waals surface area contributed by atoms with Gasteiger partial charge in [-0.1, -0.05) is 35.3 Å². The summed E-state index contributed by atoms with van der Waals surface area (Å²) in [7, 11) is 5.78. The van der Waals surface area contributed by atoms with Crippen molar-refractivity contribution in [1.29, 1.82) is 0 Å². The van der Waals surface area contributed by atoms with Gasteiger partial charge in [-0.2, -0.15) is 0 Å². The van der Waals surface area contributed by atoms with Crippen molar-refractivity contribution in [3.05, 3.63) is 57.6 Å². The highest BCUT2D eigenvalue weighted by Crippen LogP contribution is 2.34. The highest BCUT2D eigenvalue weighted by atomic mass is 35.5. The SMILES string of the molecule is COc1cc(CNCCCN(C)C)c(Cl)cc1OCc1cccc(Cl)c1. The van der Waals surface area contributed by atoms with Gasteiger partial charge in [0.05, 0.1) is 7.11 Å². The molecule has 0 aliphatic rings. The first-order valence-corrected chi connectivity index (χ1v) is 9.34. The Morgan fingerprint density at radius 1 is 1.08 bits per heavy atom. The lowest BCUT2D eigenvalue weighted by Crippen LogP contribution is -2.21. The van der Waals surface area contributed by atoms with Gasteiger partial charge >= 0.3 is 0 Å². The molecule has 0 fully saturated rings. The largest absolute Gasteiger partial charge is 0.493 e. The molecule has 0 saturated heterocycles. The molecule has 0 saturated carbocycles. The lowest BCUT2D eigenvalue weighted by Gasteiger charge is -2.15. The molecule has 0 aliphatic carbocycles. The fourth-order valence-electron chi connectivity index (χ4n) is 2.52. The summed E-state index contributed by atoms with van der Waals surface area (Å²) in [6.07, 6.45) is 1.09. The smallest absolute Gasteiger partial charge is 0.163 e. The summed E-state index contributed by atoms with van der Waals surface area (Å²) in [5, 5.41) is 4.76. The Morgan fingerprint density at radius 3 is 2.58 bits per heavy atom. The Balaban J connectivity index is 1.97. The summed E-state index contributed by atoms with van der Waals surface area (Å²) in [6, 6.07) is 11.3. The lowest BCUT2D eigenvalue weighted by atomic mass is 10.2. The van der Waals surface area contributed by atoms with E-state index in [2.05, 4.69) is 24.3 Å². The van der Waals surface area contributed by atoms with Crippen LogP contribution in [0.2, 0.25) is 10.0 Å². The van der Waals surface area contributed by atoms with E-state index in [0.29, 0.717) is 34.7 Å². The van der Waals surface area contributed by atoms with Crippen LogP contribution in [0.3, 0.4) is 0 Å². The predicted octanol–water partition coefficient (Wildman–Crippen LogP) is 4.62. The first kappa shape index (κ1) is 20.8. The van der Waals surface area contributed by atoms with Crippen LogP contribution in [0.25, 0.3) is 0 Å². The van der Waals surface area contributed by atoms with Crippen molar-refractivity contribution in [3.8, 4) is 11.5 Å². The van der Waals surface area contributed by atoms with Crippen molar-refractivity contribution in [2.75, 3.05) is 34.3 Å². The zero-order chi connectivity index (χ0) is 18.9. The van der Waals surface area contributed by atoms with Gasteiger partial charge in [0, 0.05) is 22.7 Å². The molecule has 1 N–H and O–H groups in total. The number of nitrogens with zero attached hydrogens (tertiary/aromatic N) is 1. The first-order chi connectivity index (χ1) is 12.5. The van der Waals surface area contributed by atoms with Gasteiger partial charge in [0.1, 0.15) is 6.61 Å². The molecule has 26 heavy (non-hydrogen) atoms. The normalized spacial score (nSPS) is 11.0. The molecule has 2 aromatic carbocycles. The van der Waals surface area contributed by atoms with Gasteiger partial charge in [0.2, 0.25) is 0 Å². The Labute approximate surface area is 166 Å². The maximum absolute atomic E-state index is 6.42. The molecule has 142 valence electrons. The summed E-state index contributed by atoms with van der Waals surface area (Å²) >= 11 is 12.4. The van der Waals surface area contributed by atoms with Crippen molar-refractivity contribution in [1.82, 2.24) is 10.2 Å². The van der Waals surface area contributed by atoms with Crippen molar-refractivity contribution in [2.45, 2.75) is 19.6 Å². The first-order valence-electron chi connectivity index (χ1n) is 8.58.